The Hall–Kier alpha value is -0.540. The van der Waals surface area contributed by atoms with Crippen LogP contribution in [0, 0.1) is 5.92 Å². The van der Waals surface area contributed by atoms with Crippen molar-refractivity contribution < 1.29 is 5.11 Å². The van der Waals surface area contributed by atoms with Gasteiger partial charge < -0.3 is 5.11 Å². The van der Waals surface area contributed by atoms with Gasteiger partial charge in [0.15, 0.2) is 0 Å². The lowest BCUT2D eigenvalue weighted by Gasteiger charge is -2.27. The van der Waals surface area contributed by atoms with Gasteiger partial charge in [-0.25, -0.2) is 0 Å². The summed E-state index contributed by atoms with van der Waals surface area (Å²) in [5, 5.41) is 16.3. The lowest BCUT2D eigenvalue weighted by atomic mass is 9.89. The normalized spacial score (nSPS) is 27.6. The minimum absolute atomic E-state index is 0.605. The van der Waals surface area contributed by atoms with Gasteiger partial charge in [0.25, 0.3) is 0 Å². The Morgan fingerprint density at radius 3 is 2.75 bits per heavy atom. The smallest absolute Gasteiger partial charge is 0.0850 e. The molecule has 0 aromatic carbocycles. The third-order valence-corrected chi connectivity index (χ3v) is 5.07. The largest absolute Gasteiger partial charge is 0.389 e. The van der Waals surface area contributed by atoms with Crippen molar-refractivity contribution in [2.24, 2.45) is 5.92 Å². The molecule has 1 N–H and O–H groups in total. The molecule has 2 unspecified atom stereocenters. The third-order valence-electron chi connectivity index (χ3n) is 4.63. The standard InChI is InChI=1S/C16H27ClN2O/c1-4-13-15(17)14(19(5-2)18-13)11-16(20)9-6-7-12(3)8-10-16/h12,20H,4-11H2,1-3H3. The lowest BCUT2D eigenvalue weighted by Crippen LogP contribution is -2.32. The number of aryl methyl sites for hydroxylation is 2. The summed E-state index contributed by atoms with van der Waals surface area (Å²) >= 11 is 6.46. The van der Waals surface area contributed by atoms with Gasteiger partial charge in [-0.2, -0.15) is 5.10 Å². The van der Waals surface area contributed by atoms with Crippen molar-refractivity contribution in [1.29, 1.82) is 0 Å². The van der Waals surface area contributed by atoms with Crippen LogP contribution in [0.5, 0.6) is 0 Å². The first-order valence-electron chi connectivity index (χ1n) is 7.95. The fourth-order valence-corrected chi connectivity index (χ4v) is 3.57. The predicted molar refractivity (Wildman–Crippen MR) is 83.2 cm³/mol. The van der Waals surface area contributed by atoms with E-state index in [-0.39, 0.29) is 0 Å². The topological polar surface area (TPSA) is 38.0 Å². The second kappa shape index (κ2) is 6.48. The molecule has 0 bridgehead atoms. The minimum Gasteiger partial charge on any atom is -0.389 e. The Bertz CT molecular complexity index is 458. The summed E-state index contributed by atoms with van der Waals surface area (Å²) in [7, 11) is 0. The van der Waals surface area contributed by atoms with Crippen molar-refractivity contribution >= 4 is 11.6 Å². The molecule has 2 atom stereocenters. The van der Waals surface area contributed by atoms with E-state index in [9.17, 15) is 5.11 Å². The zero-order valence-corrected chi connectivity index (χ0v) is 13.7. The molecular weight excluding hydrogens is 272 g/mol. The molecule has 2 rings (SSSR count). The SMILES string of the molecule is CCc1nn(CC)c(CC2(O)CCCC(C)CC2)c1Cl. The van der Waals surface area contributed by atoms with Gasteiger partial charge >= 0.3 is 0 Å². The highest BCUT2D eigenvalue weighted by Crippen LogP contribution is 2.35. The molecule has 1 fully saturated rings. The number of hydrogen-bond acceptors (Lipinski definition) is 2. The average molecular weight is 299 g/mol. The van der Waals surface area contributed by atoms with Crippen LogP contribution in [0.2, 0.25) is 5.02 Å². The Morgan fingerprint density at radius 2 is 2.10 bits per heavy atom. The summed E-state index contributed by atoms with van der Waals surface area (Å²) in [6.07, 6.45) is 6.67. The summed E-state index contributed by atoms with van der Waals surface area (Å²) in [6.45, 7) is 7.23. The first kappa shape index (κ1) is 15.8. The van der Waals surface area contributed by atoms with Gasteiger partial charge in [0.05, 0.1) is 22.0 Å². The van der Waals surface area contributed by atoms with E-state index in [2.05, 4.69) is 25.9 Å². The van der Waals surface area contributed by atoms with Crippen LogP contribution in [-0.4, -0.2) is 20.5 Å². The van der Waals surface area contributed by atoms with E-state index >= 15 is 0 Å². The molecule has 0 spiro atoms. The minimum atomic E-state index is -0.605. The molecule has 1 saturated carbocycles. The summed E-state index contributed by atoms with van der Waals surface area (Å²) in [4.78, 5) is 0. The van der Waals surface area contributed by atoms with Gasteiger partial charge in [-0.05, 0) is 38.5 Å². The van der Waals surface area contributed by atoms with E-state index in [1.54, 1.807) is 0 Å². The van der Waals surface area contributed by atoms with Crippen LogP contribution in [0.4, 0.5) is 0 Å². The average Bonchev–Trinajstić information content (AvgIpc) is 2.61. The maximum atomic E-state index is 10.9. The van der Waals surface area contributed by atoms with Crippen molar-refractivity contribution in [3.63, 3.8) is 0 Å². The van der Waals surface area contributed by atoms with Crippen LogP contribution >= 0.6 is 11.6 Å². The van der Waals surface area contributed by atoms with Gasteiger partial charge in [0.1, 0.15) is 0 Å². The van der Waals surface area contributed by atoms with E-state index < -0.39 is 5.60 Å². The van der Waals surface area contributed by atoms with E-state index in [0.717, 1.165) is 61.0 Å². The number of nitrogens with zero attached hydrogens (tertiary/aromatic N) is 2. The Balaban J connectivity index is 2.21. The van der Waals surface area contributed by atoms with E-state index in [1.165, 1.54) is 6.42 Å². The molecule has 3 nitrogen and oxygen atoms in total. The number of halogens is 1. The van der Waals surface area contributed by atoms with E-state index in [1.807, 2.05) is 4.68 Å². The fraction of sp³-hybridized carbons (Fsp3) is 0.812. The van der Waals surface area contributed by atoms with Crippen molar-refractivity contribution in [3.05, 3.63) is 16.4 Å². The molecule has 0 aliphatic heterocycles. The zero-order valence-electron chi connectivity index (χ0n) is 13.0. The molecule has 1 aliphatic rings. The molecule has 20 heavy (non-hydrogen) atoms. The van der Waals surface area contributed by atoms with Crippen molar-refractivity contribution in [3.8, 4) is 0 Å². The van der Waals surface area contributed by atoms with Crippen LogP contribution in [0.1, 0.15) is 64.3 Å². The maximum Gasteiger partial charge on any atom is 0.0850 e. The number of aliphatic hydroxyl groups is 1. The van der Waals surface area contributed by atoms with Crippen LogP contribution in [0.3, 0.4) is 0 Å². The van der Waals surface area contributed by atoms with Crippen molar-refractivity contribution in [1.82, 2.24) is 9.78 Å². The molecule has 1 aliphatic carbocycles. The highest BCUT2D eigenvalue weighted by molar-refractivity contribution is 6.31. The van der Waals surface area contributed by atoms with Gasteiger partial charge in [0.2, 0.25) is 0 Å². The molecule has 1 aromatic heterocycles. The summed E-state index contributed by atoms with van der Waals surface area (Å²) < 4.78 is 1.97. The molecule has 0 amide bonds. The first-order chi connectivity index (χ1) is 9.49. The molecule has 1 heterocycles. The second-order valence-electron chi connectivity index (χ2n) is 6.31. The van der Waals surface area contributed by atoms with Gasteiger partial charge in [-0.3, -0.25) is 4.68 Å². The van der Waals surface area contributed by atoms with Crippen LogP contribution in [0.15, 0.2) is 0 Å². The number of rotatable bonds is 4. The van der Waals surface area contributed by atoms with Crippen LogP contribution in [0.25, 0.3) is 0 Å². The van der Waals surface area contributed by atoms with Gasteiger partial charge in [-0.15, -0.1) is 0 Å². The number of hydrogen-bond donors (Lipinski definition) is 1. The number of aromatic nitrogens is 2. The second-order valence-corrected chi connectivity index (χ2v) is 6.69. The monoisotopic (exact) mass is 298 g/mol. The zero-order chi connectivity index (χ0) is 14.8. The van der Waals surface area contributed by atoms with Crippen molar-refractivity contribution in [2.75, 3.05) is 0 Å². The lowest BCUT2D eigenvalue weighted by molar-refractivity contribution is 0.0225. The Labute approximate surface area is 127 Å². The Kier molecular flexibility index (Phi) is 5.14. The van der Waals surface area contributed by atoms with Crippen molar-refractivity contribution in [2.45, 2.75) is 77.9 Å². The molecule has 0 radical (unpaired) electrons. The summed E-state index contributed by atoms with van der Waals surface area (Å²) in [5.74, 6) is 0.724. The van der Waals surface area contributed by atoms with Crippen LogP contribution < -0.4 is 0 Å². The van der Waals surface area contributed by atoms with E-state index in [0.29, 0.717) is 6.42 Å². The fourth-order valence-electron chi connectivity index (χ4n) is 3.24. The summed E-state index contributed by atoms with van der Waals surface area (Å²) in [5.41, 5.74) is 1.36. The van der Waals surface area contributed by atoms with E-state index in [4.69, 9.17) is 11.6 Å². The highest BCUT2D eigenvalue weighted by Gasteiger charge is 2.32. The molecule has 0 saturated heterocycles. The predicted octanol–water partition coefficient (Wildman–Crippen LogP) is 3.99. The van der Waals surface area contributed by atoms with Gasteiger partial charge in [0, 0.05) is 13.0 Å². The molecular formula is C16H27ClN2O. The maximum absolute atomic E-state index is 10.9. The molecule has 4 heteroatoms. The highest BCUT2D eigenvalue weighted by atomic mass is 35.5. The Morgan fingerprint density at radius 1 is 1.35 bits per heavy atom. The summed E-state index contributed by atoms with van der Waals surface area (Å²) in [6, 6.07) is 0. The first-order valence-corrected chi connectivity index (χ1v) is 8.33. The molecule has 1 aromatic rings. The van der Waals surface area contributed by atoms with Gasteiger partial charge in [-0.1, -0.05) is 38.3 Å². The molecule has 114 valence electrons. The quantitative estimate of drug-likeness (QED) is 0.854. The third kappa shape index (κ3) is 3.37. The van der Waals surface area contributed by atoms with Crippen LogP contribution in [-0.2, 0) is 19.4 Å².